The van der Waals surface area contributed by atoms with Crippen LogP contribution in [0.3, 0.4) is 0 Å². The summed E-state index contributed by atoms with van der Waals surface area (Å²) in [5, 5.41) is 28.1. The first-order valence-electron chi connectivity index (χ1n) is 10.3. The number of methoxy groups -OCH3 is 1. The minimum Gasteiger partial charge on any atom is -0.493 e. The van der Waals surface area contributed by atoms with Crippen LogP contribution >= 0.6 is 11.6 Å². The topological polar surface area (TPSA) is 137 Å². The van der Waals surface area contributed by atoms with Gasteiger partial charge in [0.15, 0.2) is 11.5 Å². The van der Waals surface area contributed by atoms with Gasteiger partial charge in [-0.3, -0.25) is 25.0 Å². The van der Waals surface area contributed by atoms with Gasteiger partial charge in [-0.05, 0) is 48.9 Å². The third-order valence-electron chi connectivity index (χ3n) is 5.19. The second-order valence-electron chi connectivity index (χ2n) is 7.50. The number of nitro groups is 2. The lowest BCUT2D eigenvalue weighted by Crippen LogP contribution is -2.21. The highest BCUT2D eigenvalue weighted by atomic mass is 35.5. The van der Waals surface area contributed by atoms with E-state index in [0.29, 0.717) is 22.5 Å². The largest absolute Gasteiger partial charge is 0.493 e. The number of hydrogen-bond acceptors (Lipinski definition) is 8. The molecule has 0 atom stereocenters. The summed E-state index contributed by atoms with van der Waals surface area (Å²) in [7, 11) is 1.35. The zero-order chi connectivity index (χ0) is 26.0. The zero-order valence-electron chi connectivity index (χ0n) is 18.9. The molecule has 3 aromatic rings. The van der Waals surface area contributed by atoms with E-state index < -0.39 is 21.2 Å². The first kappa shape index (κ1) is 24.4. The van der Waals surface area contributed by atoms with Crippen molar-refractivity contribution in [1.82, 2.24) is 0 Å². The van der Waals surface area contributed by atoms with Crippen LogP contribution in [0.5, 0.6) is 17.2 Å². The molecule has 0 spiro atoms. The third kappa shape index (κ3) is 4.72. The molecule has 36 heavy (non-hydrogen) atoms. The van der Waals surface area contributed by atoms with Crippen LogP contribution in [0.15, 0.2) is 71.3 Å². The maximum Gasteiger partial charge on any atom is 0.318 e. The number of amides is 1. The number of nitro benzene ring substituents is 2. The summed E-state index contributed by atoms with van der Waals surface area (Å²) in [4.78, 5) is 33.9. The molecule has 0 aromatic heterocycles. The number of non-ortho nitro benzene ring substituents is 1. The van der Waals surface area contributed by atoms with Crippen molar-refractivity contribution < 1.29 is 24.1 Å². The SMILES string of the molecule is COc1cc(/C=C2/C(=O)N(c3ccccc3)N=C2C)cc(Cl)c1Oc1ccc([N+](=O)[O-])cc1[N+](=O)[O-]. The van der Waals surface area contributed by atoms with Crippen molar-refractivity contribution in [3.05, 3.63) is 97.1 Å². The highest BCUT2D eigenvalue weighted by molar-refractivity contribution is 6.33. The van der Waals surface area contributed by atoms with Crippen molar-refractivity contribution in [3.63, 3.8) is 0 Å². The summed E-state index contributed by atoms with van der Waals surface area (Å²) in [6, 6.07) is 15.0. The van der Waals surface area contributed by atoms with E-state index in [9.17, 15) is 25.0 Å². The lowest BCUT2D eigenvalue weighted by Gasteiger charge is -2.14. The predicted molar refractivity (Wildman–Crippen MR) is 133 cm³/mol. The Morgan fingerprint density at radius 3 is 2.36 bits per heavy atom. The van der Waals surface area contributed by atoms with Crippen molar-refractivity contribution >= 4 is 46.4 Å². The highest BCUT2D eigenvalue weighted by Crippen LogP contribution is 2.43. The van der Waals surface area contributed by atoms with E-state index in [2.05, 4.69) is 5.10 Å². The summed E-state index contributed by atoms with van der Waals surface area (Å²) in [5.41, 5.74) is 0.886. The molecule has 0 N–H and O–H groups in total. The second-order valence-corrected chi connectivity index (χ2v) is 7.91. The van der Waals surface area contributed by atoms with Gasteiger partial charge in [-0.15, -0.1) is 0 Å². The maximum absolute atomic E-state index is 13.0. The van der Waals surface area contributed by atoms with Crippen molar-refractivity contribution in [1.29, 1.82) is 0 Å². The van der Waals surface area contributed by atoms with Crippen LogP contribution in [0.25, 0.3) is 6.08 Å². The third-order valence-corrected chi connectivity index (χ3v) is 5.47. The summed E-state index contributed by atoms with van der Waals surface area (Å²) >= 11 is 6.42. The van der Waals surface area contributed by atoms with Gasteiger partial charge in [-0.1, -0.05) is 29.8 Å². The van der Waals surface area contributed by atoms with Crippen LogP contribution in [0.4, 0.5) is 17.1 Å². The van der Waals surface area contributed by atoms with E-state index in [-0.39, 0.29) is 28.2 Å². The number of carbonyl (C=O) groups is 1. The van der Waals surface area contributed by atoms with Gasteiger partial charge in [0, 0.05) is 6.07 Å². The summed E-state index contributed by atoms with van der Waals surface area (Å²) in [6.07, 6.45) is 1.59. The molecule has 0 aliphatic carbocycles. The van der Waals surface area contributed by atoms with Gasteiger partial charge in [0.05, 0.1) is 45.0 Å². The molecule has 0 saturated carbocycles. The van der Waals surface area contributed by atoms with Crippen LogP contribution in [-0.4, -0.2) is 28.6 Å². The minimum absolute atomic E-state index is 0.0349. The van der Waals surface area contributed by atoms with Crippen molar-refractivity contribution in [3.8, 4) is 17.2 Å². The first-order chi connectivity index (χ1) is 17.2. The van der Waals surface area contributed by atoms with Gasteiger partial charge < -0.3 is 9.47 Å². The van der Waals surface area contributed by atoms with E-state index >= 15 is 0 Å². The molecule has 12 heteroatoms. The molecule has 0 saturated heterocycles. The van der Waals surface area contributed by atoms with Crippen molar-refractivity contribution in [2.24, 2.45) is 5.10 Å². The number of halogens is 1. The van der Waals surface area contributed by atoms with Crippen molar-refractivity contribution in [2.75, 3.05) is 12.1 Å². The quantitative estimate of drug-likeness (QED) is 0.224. The van der Waals surface area contributed by atoms with Gasteiger partial charge in [0.2, 0.25) is 5.75 Å². The normalized spacial score (nSPS) is 14.1. The average Bonchev–Trinajstić information content (AvgIpc) is 3.14. The van der Waals surface area contributed by atoms with E-state index in [1.807, 2.05) is 6.07 Å². The monoisotopic (exact) mass is 508 g/mol. The fraction of sp³-hybridized carbons (Fsp3) is 0.0833. The van der Waals surface area contributed by atoms with Crippen LogP contribution in [0.2, 0.25) is 5.02 Å². The predicted octanol–water partition coefficient (Wildman–Crippen LogP) is 5.76. The van der Waals surface area contributed by atoms with Crippen molar-refractivity contribution in [2.45, 2.75) is 6.92 Å². The molecule has 1 heterocycles. The lowest BCUT2D eigenvalue weighted by molar-refractivity contribution is -0.394. The fourth-order valence-corrected chi connectivity index (χ4v) is 3.73. The van der Waals surface area contributed by atoms with E-state index in [4.69, 9.17) is 21.1 Å². The summed E-state index contributed by atoms with van der Waals surface area (Å²) < 4.78 is 11.0. The Morgan fingerprint density at radius 1 is 1.00 bits per heavy atom. The molecule has 1 aliphatic rings. The number of benzene rings is 3. The molecule has 4 rings (SSSR count). The number of hydrazone groups is 1. The smallest absolute Gasteiger partial charge is 0.318 e. The standard InChI is InChI=1S/C24H17ClN4O7/c1-14-18(24(30)27(26-14)16-6-4-3-5-7-16)10-15-11-19(25)23(22(12-15)35-2)36-21-9-8-17(28(31)32)13-20(21)29(33)34/h3-13H,1-2H3/b18-10+. The van der Waals surface area contributed by atoms with Gasteiger partial charge in [0.1, 0.15) is 0 Å². The Morgan fingerprint density at radius 2 is 1.72 bits per heavy atom. The fourth-order valence-electron chi connectivity index (χ4n) is 3.48. The number of anilines is 1. The van der Waals surface area contributed by atoms with E-state index in [0.717, 1.165) is 18.2 Å². The maximum atomic E-state index is 13.0. The number of nitrogens with zero attached hydrogens (tertiary/aromatic N) is 4. The Hall–Kier alpha value is -4.77. The van der Waals surface area contributed by atoms with Crippen LogP contribution in [-0.2, 0) is 4.79 Å². The summed E-state index contributed by atoms with van der Waals surface area (Å²) in [5.74, 6) is -0.491. The number of para-hydroxylation sites is 1. The molecule has 0 fully saturated rings. The molecule has 0 bridgehead atoms. The molecule has 3 aromatic carbocycles. The van der Waals surface area contributed by atoms with Gasteiger partial charge in [-0.2, -0.15) is 10.1 Å². The minimum atomic E-state index is -0.798. The van der Waals surface area contributed by atoms with Gasteiger partial charge >= 0.3 is 5.69 Å². The zero-order valence-corrected chi connectivity index (χ0v) is 19.6. The van der Waals surface area contributed by atoms with E-state index in [1.54, 1.807) is 37.3 Å². The van der Waals surface area contributed by atoms with Crippen LogP contribution in [0, 0.1) is 20.2 Å². The Bertz CT molecular complexity index is 1450. The van der Waals surface area contributed by atoms with Crippen LogP contribution < -0.4 is 14.5 Å². The van der Waals surface area contributed by atoms with E-state index in [1.165, 1.54) is 24.3 Å². The number of hydrogen-bond donors (Lipinski definition) is 0. The highest BCUT2D eigenvalue weighted by Gasteiger charge is 2.29. The molecule has 1 aliphatic heterocycles. The molecule has 0 radical (unpaired) electrons. The van der Waals surface area contributed by atoms with Gasteiger partial charge in [0.25, 0.3) is 11.6 Å². The molecule has 182 valence electrons. The number of ether oxygens (including phenoxy) is 2. The Labute approximate surface area is 209 Å². The lowest BCUT2D eigenvalue weighted by atomic mass is 10.1. The first-order valence-corrected chi connectivity index (χ1v) is 10.7. The molecular formula is C24H17ClN4O7. The van der Waals surface area contributed by atoms with Crippen LogP contribution in [0.1, 0.15) is 12.5 Å². The molecule has 11 nitrogen and oxygen atoms in total. The second kappa shape index (κ2) is 9.84. The molecule has 1 amide bonds. The number of rotatable bonds is 7. The molecule has 0 unspecified atom stereocenters. The Balaban J connectivity index is 1.68. The number of carbonyl (C=O) groups excluding carboxylic acids is 1. The van der Waals surface area contributed by atoms with Gasteiger partial charge in [-0.25, -0.2) is 0 Å². The average molecular weight is 509 g/mol. The molecular weight excluding hydrogens is 492 g/mol. The summed E-state index contributed by atoms with van der Waals surface area (Å²) in [6.45, 7) is 1.71. The Kier molecular flexibility index (Phi) is 6.66.